The minimum absolute atomic E-state index is 0.106. The van der Waals surface area contributed by atoms with Gasteiger partial charge in [-0.2, -0.15) is 0 Å². The number of rotatable bonds is 14. The number of aromatic nitrogens is 6. The number of benzene rings is 8. The Bertz CT molecular complexity index is 6620. The van der Waals surface area contributed by atoms with Gasteiger partial charge in [0.25, 0.3) is 0 Å². The van der Waals surface area contributed by atoms with Crippen LogP contribution in [0.2, 0.25) is 0 Å². The first-order valence-corrected chi connectivity index (χ1v) is 40.5. The maximum absolute atomic E-state index is 15.6. The molecule has 117 heavy (non-hydrogen) atoms. The average Bonchev–Trinajstić information content (AvgIpc) is 1.55. The van der Waals surface area contributed by atoms with Crippen molar-refractivity contribution in [1.82, 2.24) is 29.9 Å². The molecule has 0 saturated carbocycles. The normalized spacial score (nSPS) is 19.3. The Morgan fingerprint density at radius 3 is 0.991 bits per heavy atom. The van der Waals surface area contributed by atoms with Crippen molar-refractivity contribution in [2.75, 3.05) is 13.2 Å². The molecule has 13 heterocycles. The number of hydrogen-bond donors (Lipinski definition) is 6. The quantitative estimate of drug-likeness (QED) is 0.0590. The first kappa shape index (κ1) is 70.1. The molecule has 21 rings (SSSR count). The molecule has 6 aliphatic heterocycles. The Hall–Kier alpha value is -14.8. The molecule has 0 aliphatic carbocycles. The number of nitrogens with zero attached hydrogens (tertiary/aromatic N) is 4. The summed E-state index contributed by atoms with van der Waals surface area (Å²) in [5, 5.41) is 3.29. The lowest BCUT2D eigenvalue weighted by atomic mass is 9.89. The van der Waals surface area contributed by atoms with E-state index < -0.39 is 11.9 Å². The van der Waals surface area contributed by atoms with Gasteiger partial charge in [-0.3, -0.25) is 9.98 Å². The van der Waals surface area contributed by atoms with Crippen LogP contribution in [0.5, 0.6) is 0 Å². The highest BCUT2D eigenvalue weighted by Crippen LogP contribution is 2.52. The van der Waals surface area contributed by atoms with Gasteiger partial charge in [0.1, 0.15) is 11.4 Å². The topological polar surface area (TPSA) is 197 Å². The van der Waals surface area contributed by atoms with E-state index in [2.05, 4.69) is 260 Å². The zero-order valence-corrected chi connectivity index (χ0v) is 64.5. The highest BCUT2D eigenvalue weighted by Gasteiger charge is 2.42. The Kier molecular flexibility index (Phi) is 17.6. The van der Waals surface area contributed by atoms with E-state index in [9.17, 15) is 0 Å². The molecule has 16 bridgehead atoms. The van der Waals surface area contributed by atoms with Gasteiger partial charge in [0, 0.05) is 99.9 Å². The molecule has 0 amide bonds. The minimum Gasteiger partial charge on any atom is -0.461 e. The van der Waals surface area contributed by atoms with E-state index >= 15 is 9.59 Å². The fourth-order valence-corrected chi connectivity index (χ4v) is 18.9. The van der Waals surface area contributed by atoms with Gasteiger partial charge in [-0.05, 0) is 131 Å². The van der Waals surface area contributed by atoms with Gasteiger partial charge >= 0.3 is 11.9 Å². The van der Waals surface area contributed by atoms with Gasteiger partial charge in [0.15, 0.2) is 0 Å². The van der Waals surface area contributed by atoms with Crippen molar-refractivity contribution in [3.8, 4) is 21.1 Å². The second-order valence-corrected chi connectivity index (χ2v) is 30.7. The molecule has 15 aromatic rings. The summed E-state index contributed by atoms with van der Waals surface area (Å²) in [5.74, 6) is -1.57. The lowest BCUT2D eigenvalue weighted by Crippen LogP contribution is -2.22. The van der Waals surface area contributed by atoms with Crippen LogP contribution in [0, 0.1) is 0 Å². The number of aromatic amines is 6. The highest BCUT2D eigenvalue weighted by molar-refractivity contribution is 7.18. The minimum atomic E-state index is -0.545. The summed E-state index contributed by atoms with van der Waals surface area (Å²) in [7, 11) is 0. The zero-order valence-electron chi connectivity index (χ0n) is 63.7. The maximum atomic E-state index is 15.6. The second kappa shape index (κ2) is 29.3. The van der Waals surface area contributed by atoms with E-state index in [1.54, 1.807) is 0 Å². The SMILES string of the molecule is CCOC(=O)c1[nH]c(-c2ccc(-c3[nH]c(C(=O)OCC)c4c3C3=N/C4=C(/c4ccccc4)c4ccc([nH]4)C(c4ccccc4)C4C=CC(=N4)/C(c4ccccc4)=c4/ccc([nH]4)=C3c3ccccc3)s2)c2c1/C1=C(\c3ccccc3)c3ccc([nH]3)C(c3ccccc3)C3C=CC(=N3)/C(c3ccccc3)=c3/ccc([nH]3)=C(c3ccccc3)C2=N1. The van der Waals surface area contributed by atoms with Crippen molar-refractivity contribution in [1.29, 1.82) is 0 Å². The van der Waals surface area contributed by atoms with Crippen LogP contribution in [-0.2, 0) is 9.47 Å². The van der Waals surface area contributed by atoms with Crippen LogP contribution in [0.1, 0.15) is 136 Å². The number of allylic oxidation sites excluding steroid dienone is 2. The fraction of sp³-hybridized carbons (Fsp3) is 0.0784. The molecule has 15 heteroatoms. The van der Waals surface area contributed by atoms with Crippen molar-refractivity contribution in [2.24, 2.45) is 20.0 Å². The van der Waals surface area contributed by atoms with Crippen LogP contribution in [0.3, 0.4) is 0 Å². The third-order valence-corrected chi connectivity index (χ3v) is 24.0. The standard InChI is InChI=1S/C102H74N10O4S/c1-3-115-101(113)99-91-89(95-85(63-37-21-9-22-38-63)75-53-49-71(105-75)81(59-29-13-5-14-30-59)67-45-47-69(103-67)83(61-33-17-7-18-34-61)73-51-55-77(107-73)87(97(91)111-95)65-41-25-11-26-42-65)93(109-99)79-57-58-80(117-79)94-90-92(100(110-94)102(114)116-4-2)98-88(66-43-27-12-28-44-66)78-56-52-74(108-78)84(62-35-19-8-20-36-62)70-48-46-68(104-70)82(60-31-15-6-16-32-60)72-50-54-76(106-72)86(96(90)112-98)64-39-23-10-24-40-64/h5-58,69-70,83-84,105-110H,3-4H2,1-2H3/b81-71-,82-72-,85-75?,86-76?,97-87-,98-88-. The van der Waals surface area contributed by atoms with Crippen LogP contribution < -0.4 is 21.4 Å². The molecule has 6 aliphatic rings. The van der Waals surface area contributed by atoms with E-state index in [1.165, 1.54) is 11.3 Å². The third-order valence-electron chi connectivity index (χ3n) is 22.8. The van der Waals surface area contributed by atoms with E-state index in [1.807, 2.05) is 111 Å². The summed E-state index contributed by atoms with van der Waals surface area (Å²) in [6, 6.07) is 104. The van der Waals surface area contributed by atoms with E-state index in [-0.39, 0.29) is 48.5 Å². The smallest absolute Gasteiger partial charge is 0.355 e. The molecule has 0 spiro atoms. The van der Waals surface area contributed by atoms with Gasteiger partial charge in [-0.25, -0.2) is 19.6 Å². The monoisotopic (exact) mass is 1530 g/mol. The number of fused-ring (bicyclic) bond motifs is 18. The molecule has 562 valence electrons. The third kappa shape index (κ3) is 12.2. The van der Waals surface area contributed by atoms with Crippen LogP contribution in [0.15, 0.2) is 348 Å². The summed E-state index contributed by atoms with van der Waals surface area (Å²) in [5.41, 5.74) is 24.5. The Morgan fingerprint density at radius 2 is 0.650 bits per heavy atom. The molecule has 4 unspecified atom stereocenters. The number of nitrogens with one attached hydrogen (secondary N) is 6. The van der Waals surface area contributed by atoms with Crippen LogP contribution >= 0.6 is 11.3 Å². The van der Waals surface area contributed by atoms with Gasteiger partial charge in [0.2, 0.25) is 0 Å². The Balaban J connectivity index is 0.857. The van der Waals surface area contributed by atoms with Crippen molar-refractivity contribution < 1.29 is 19.1 Å². The van der Waals surface area contributed by atoms with Crippen molar-refractivity contribution in [3.63, 3.8) is 0 Å². The number of carbonyl (C=O) groups is 2. The summed E-state index contributed by atoms with van der Waals surface area (Å²) in [4.78, 5) is 79.9. The Morgan fingerprint density at radius 1 is 0.333 bits per heavy atom. The first-order chi connectivity index (χ1) is 57.8. The van der Waals surface area contributed by atoms with Crippen LogP contribution in [-0.4, -0.2) is 90.0 Å². The maximum Gasteiger partial charge on any atom is 0.355 e. The number of H-pyrrole nitrogens is 6. The van der Waals surface area contributed by atoms with Crippen LogP contribution in [0.25, 0.3) is 66.0 Å². The van der Waals surface area contributed by atoms with E-state index in [0.717, 1.165) is 143 Å². The molecule has 0 saturated heterocycles. The van der Waals surface area contributed by atoms with Gasteiger partial charge in [-0.15, -0.1) is 11.3 Å². The number of carbonyl (C=O) groups excluding carboxylic acids is 2. The second-order valence-electron chi connectivity index (χ2n) is 29.6. The van der Waals surface area contributed by atoms with Gasteiger partial charge in [0.05, 0.1) is 92.5 Å². The molecule has 7 aromatic heterocycles. The summed E-state index contributed by atoms with van der Waals surface area (Å²) in [6.45, 7) is 3.87. The molecule has 4 atom stereocenters. The first-order valence-electron chi connectivity index (χ1n) is 39.6. The lowest BCUT2D eigenvalue weighted by molar-refractivity contribution is 0.0510. The van der Waals surface area contributed by atoms with Crippen molar-refractivity contribution in [3.05, 3.63) is 450 Å². The lowest BCUT2D eigenvalue weighted by Gasteiger charge is -2.21. The number of hydrogen-bond acceptors (Lipinski definition) is 9. The molecule has 14 nitrogen and oxygen atoms in total. The average molecular weight is 1540 g/mol. The van der Waals surface area contributed by atoms with E-state index in [0.29, 0.717) is 56.5 Å². The zero-order chi connectivity index (χ0) is 78.2. The summed E-state index contributed by atoms with van der Waals surface area (Å²) >= 11 is 1.52. The predicted molar refractivity (Wildman–Crippen MR) is 468 cm³/mol. The molecular weight excluding hydrogens is 1460 g/mol. The molecule has 0 radical (unpaired) electrons. The van der Waals surface area contributed by atoms with Crippen molar-refractivity contribution in [2.45, 2.75) is 37.8 Å². The molecule has 6 N–H and O–H groups in total. The summed E-state index contributed by atoms with van der Waals surface area (Å²) < 4.78 is 12.4. The number of aliphatic imine (C=N–C) groups is 4. The Labute approximate surface area is 677 Å². The van der Waals surface area contributed by atoms with Crippen molar-refractivity contribution >= 4 is 91.0 Å². The van der Waals surface area contributed by atoms with Gasteiger partial charge in [-0.1, -0.05) is 255 Å². The van der Waals surface area contributed by atoms with Crippen LogP contribution in [0.4, 0.5) is 0 Å². The largest absolute Gasteiger partial charge is 0.461 e. The number of thiophene rings is 1. The van der Waals surface area contributed by atoms with E-state index in [4.69, 9.17) is 29.4 Å². The highest BCUT2D eigenvalue weighted by atomic mass is 32.1. The molecule has 8 aromatic carbocycles. The van der Waals surface area contributed by atoms with Gasteiger partial charge < -0.3 is 39.4 Å². The predicted octanol–water partition coefficient (Wildman–Crippen LogP) is 18.1. The molecular formula is C102H74N10O4S. The summed E-state index contributed by atoms with van der Waals surface area (Å²) in [6.07, 6.45) is 8.79. The fourth-order valence-electron chi connectivity index (χ4n) is 17.8. The number of ether oxygens (including phenoxy) is 2. The molecule has 0 fully saturated rings. The number of esters is 2.